The Balaban J connectivity index is 2.63. The van der Waals surface area contributed by atoms with Gasteiger partial charge < -0.3 is 13.6 Å². The van der Waals surface area contributed by atoms with Crippen LogP contribution in [0.1, 0.15) is 84.1 Å². The Labute approximate surface area is 188 Å². The van der Waals surface area contributed by atoms with Gasteiger partial charge in [-0.2, -0.15) is 0 Å². The van der Waals surface area contributed by atoms with Crippen molar-refractivity contribution in [3.05, 3.63) is 22.8 Å². The van der Waals surface area contributed by atoms with Gasteiger partial charge in [0.2, 0.25) is 0 Å². The third-order valence-corrected chi connectivity index (χ3v) is 16.6. The fraction of sp³-hybridized carbons (Fsp3) is 0.760. The molecule has 0 spiro atoms. The second kappa shape index (κ2) is 8.63. The average Bonchev–Trinajstić information content (AvgIpc) is 2.59. The Bertz CT molecular complexity index is 755. The summed E-state index contributed by atoms with van der Waals surface area (Å²) in [6.07, 6.45) is 4.55. The molecule has 30 heavy (non-hydrogen) atoms. The van der Waals surface area contributed by atoms with E-state index in [-0.39, 0.29) is 16.2 Å². The molecule has 0 heterocycles. The number of fused-ring (bicyclic) bond motifs is 1. The zero-order valence-corrected chi connectivity index (χ0v) is 23.7. The van der Waals surface area contributed by atoms with Gasteiger partial charge in [0.25, 0.3) is 8.32 Å². The van der Waals surface area contributed by atoms with Crippen LogP contribution in [0.25, 0.3) is 0 Å². The zero-order valence-electron chi connectivity index (χ0n) is 21.7. The lowest BCUT2D eigenvalue weighted by molar-refractivity contribution is 0.199. The molecule has 0 saturated carbocycles. The van der Waals surface area contributed by atoms with Crippen LogP contribution < -0.4 is 9.16 Å². The predicted octanol–water partition coefficient (Wildman–Crippen LogP) is 8.04. The van der Waals surface area contributed by atoms with Crippen molar-refractivity contribution in [2.45, 2.75) is 117 Å². The van der Waals surface area contributed by atoms with Gasteiger partial charge in [0.15, 0.2) is 8.32 Å². The molecule has 0 fully saturated rings. The van der Waals surface area contributed by atoms with Crippen LogP contribution in [0.4, 0.5) is 0 Å². The number of methoxy groups -OCH3 is 1. The quantitative estimate of drug-likeness (QED) is 0.410. The van der Waals surface area contributed by atoms with Gasteiger partial charge in [-0.05, 0) is 80.5 Å². The number of benzene rings is 1. The average molecular weight is 451 g/mol. The van der Waals surface area contributed by atoms with E-state index in [0.717, 1.165) is 24.3 Å². The molecule has 3 nitrogen and oxygen atoms in total. The Hall–Kier alpha value is -0.786. The summed E-state index contributed by atoms with van der Waals surface area (Å²) in [5.41, 5.74) is 3.88. The Morgan fingerprint density at radius 2 is 1.33 bits per heavy atom. The maximum atomic E-state index is 7.04. The highest BCUT2D eigenvalue weighted by atomic mass is 28.4. The second-order valence-electron chi connectivity index (χ2n) is 12.0. The number of ether oxygens (including phenoxy) is 1. The summed E-state index contributed by atoms with van der Waals surface area (Å²) in [4.78, 5) is 0. The maximum Gasteiger partial charge on any atom is 0.250 e. The van der Waals surface area contributed by atoms with Crippen molar-refractivity contribution in [1.29, 1.82) is 0 Å². The van der Waals surface area contributed by atoms with E-state index in [4.69, 9.17) is 13.6 Å². The van der Waals surface area contributed by atoms with E-state index in [2.05, 4.69) is 80.7 Å². The minimum Gasteiger partial charge on any atom is -0.543 e. The molecule has 0 amide bonds. The molecule has 1 aliphatic rings. The van der Waals surface area contributed by atoms with Crippen molar-refractivity contribution < 1.29 is 13.6 Å². The first-order chi connectivity index (χ1) is 13.5. The monoisotopic (exact) mass is 450 g/mol. The molecule has 0 unspecified atom stereocenters. The largest absolute Gasteiger partial charge is 0.543 e. The van der Waals surface area contributed by atoms with Crippen LogP contribution in [0.3, 0.4) is 0 Å². The van der Waals surface area contributed by atoms with E-state index in [1.807, 2.05) is 0 Å². The van der Waals surface area contributed by atoms with Gasteiger partial charge >= 0.3 is 0 Å². The molecule has 5 heteroatoms. The molecular weight excluding hydrogens is 404 g/mol. The molecule has 0 radical (unpaired) electrons. The molecule has 0 N–H and O–H groups in total. The van der Waals surface area contributed by atoms with Crippen molar-refractivity contribution >= 4 is 16.6 Å². The van der Waals surface area contributed by atoms with Gasteiger partial charge in [-0.15, -0.1) is 0 Å². The van der Waals surface area contributed by atoms with Gasteiger partial charge in [-0.1, -0.05) is 41.5 Å². The third-order valence-electron chi connectivity index (χ3n) is 7.69. The highest BCUT2D eigenvalue weighted by molar-refractivity contribution is 6.75. The summed E-state index contributed by atoms with van der Waals surface area (Å²) in [5, 5.41) is 0.315. The summed E-state index contributed by atoms with van der Waals surface area (Å²) in [5.74, 6) is 2.11. The summed E-state index contributed by atoms with van der Waals surface area (Å²) in [7, 11) is -2.11. The fourth-order valence-corrected chi connectivity index (χ4v) is 6.01. The maximum absolute atomic E-state index is 7.04. The number of hydrogen-bond acceptors (Lipinski definition) is 3. The first-order valence-corrected chi connectivity index (χ1v) is 17.4. The van der Waals surface area contributed by atoms with Gasteiger partial charge in [0.1, 0.15) is 11.5 Å². The molecule has 172 valence electrons. The molecule has 0 saturated heterocycles. The van der Waals surface area contributed by atoms with Crippen molar-refractivity contribution in [2.75, 3.05) is 7.11 Å². The molecule has 1 aromatic rings. The highest BCUT2D eigenvalue weighted by Crippen LogP contribution is 2.48. The van der Waals surface area contributed by atoms with E-state index in [9.17, 15) is 0 Å². The second-order valence-corrected chi connectivity index (χ2v) is 21.5. The summed E-state index contributed by atoms with van der Waals surface area (Å²) in [6, 6.07) is 2.21. The van der Waals surface area contributed by atoms with Crippen molar-refractivity contribution in [1.82, 2.24) is 0 Å². The Kier molecular flexibility index (Phi) is 7.33. The Morgan fingerprint density at radius 3 is 1.80 bits per heavy atom. The van der Waals surface area contributed by atoms with Crippen LogP contribution in [0.15, 0.2) is 6.07 Å². The van der Waals surface area contributed by atoms with Crippen LogP contribution in [0, 0.1) is 0 Å². The predicted molar refractivity (Wildman–Crippen MR) is 134 cm³/mol. The highest BCUT2D eigenvalue weighted by Gasteiger charge is 2.42. The first-order valence-electron chi connectivity index (χ1n) is 11.6. The fourth-order valence-electron chi connectivity index (χ4n) is 3.59. The molecule has 1 atom stereocenters. The van der Waals surface area contributed by atoms with Gasteiger partial charge in [0.05, 0.1) is 13.2 Å². The zero-order chi connectivity index (χ0) is 23.1. The lowest BCUT2D eigenvalue weighted by atomic mass is 9.87. The molecule has 0 aromatic heterocycles. The molecule has 1 aromatic carbocycles. The molecule has 2 rings (SSSR count). The van der Waals surface area contributed by atoms with E-state index >= 15 is 0 Å². The lowest BCUT2D eigenvalue weighted by Gasteiger charge is -2.41. The first kappa shape index (κ1) is 25.5. The molecule has 0 bridgehead atoms. The standard InChI is InChI=1S/C25H46O3Si2/c1-18(27-29(9,10)24(2,3)4)21-17-22(26-8)19-15-13-14-16-20(19)23(21)28-30(11,12)25(5,6)7/h17-18H,13-16H2,1-12H3/t18-/m0/s1. The third kappa shape index (κ3) is 5.16. The number of hydrogen-bond donors (Lipinski definition) is 0. The van der Waals surface area contributed by atoms with E-state index in [0.29, 0.717) is 0 Å². The van der Waals surface area contributed by atoms with Crippen molar-refractivity contribution in [2.24, 2.45) is 0 Å². The van der Waals surface area contributed by atoms with Gasteiger partial charge in [-0.3, -0.25) is 0 Å². The number of rotatable bonds is 6. The lowest BCUT2D eigenvalue weighted by Crippen LogP contribution is -2.45. The molecular formula is C25H46O3Si2. The van der Waals surface area contributed by atoms with Crippen LogP contribution in [0.2, 0.25) is 36.3 Å². The normalized spacial score (nSPS) is 16.8. The molecule has 1 aliphatic carbocycles. The van der Waals surface area contributed by atoms with Gasteiger partial charge in [0, 0.05) is 11.1 Å². The summed E-state index contributed by atoms with van der Waals surface area (Å²) >= 11 is 0. The smallest absolute Gasteiger partial charge is 0.250 e. The van der Waals surface area contributed by atoms with Crippen LogP contribution >= 0.6 is 0 Å². The summed E-state index contributed by atoms with van der Waals surface area (Å²) < 4.78 is 19.7. The Morgan fingerprint density at radius 1 is 0.833 bits per heavy atom. The van der Waals surface area contributed by atoms with E-state index in [1.165, 1.54) is 29.5 Å². The van der Waals surface area contributed by atoms with Crippen LogP contribution in [0.5, 0.6) is 11.5 Å². The van der Waals surface area contributed by atoms with Crippen molar-refractivity contribution in [3.8, 4) is 11.5 Å². The SMILES string of the molecule is COc1cc([C@H](C)O[Si](C)(C)C(C)(C)C)c(O[Si](C)(C)C(C)(C)C)c2c1CCCC2. The van der Waals surface area contributed by atoms with Gasteiger partial charge in [-0.25, -0.2) is 0 Å². The van der Waals surface area contributed by atoms with E-state index < -0.39 is 16.6 Å². The topological polar surface area (TPSA) is 27.7 Å². The minimum absolute atomic E-state index is 0.0215. The van der Waals surface area contributed by atoms with E-state index in [1.54, 1.807) is 7.11 Å². The van der Waals surface area contributed by atoms with Crippen LogP contribution in [-0.2, 0) is 17.3 Å². The minimum atomic E-state index is -1.99. The molecule has 0 aliphatic heterocycles. The van der Waals surface area contributed by atoms with Crippen molar-refractivity contribution in [3.63, 3.8) is 0 Å². The summed E-state index contributed by atoms with van der Waals surface area (Å²) in [6.45, 7) is 25.4. The van der Waals surface area contributed by atoms with Crippen LogP contribution in [-0.4, -0.2) is 23.7 Å².